The van der Waals surface area contributed by atoms with Crippen molar-refractivity contribution in [2.45, 2.75) is 57.5 Å². The van der Waals surface area contributed by atoms with Crippen LogP contribution in [0.2, 0.25) is 0 Å². The van der Waals surface area contributed by atoms with E-state index in [1.54, 1.807) is 6.26 Å². The number of halogens is 1. The molecule has 1 unspecified atom stereocenters. The molecule has 2 saturated carbocycles. The molecule has 3 fully saturated rings. The highest BCUT2D eigenvalue weighted by molar-refractivity contribution is 14.0. The molecule has 0 amide bonds. The highest BCUT2D eigenvalue weighted by Crippen LogP contribution is 2.34. The third-order valence-electron chi connectivity index (χ3n) is 6.16. The largest absolute Gasteiger partial charge is 0.468 e. The summed E-state index contributed by atoms with van der Waals surface area (Å²) in [7, 11) is 0. The molecule has 1 atom stereocenters. The van der Waals surface area contributed by atoms with Gasteiger partial charge in [-0.3, -0.25) is 14.8 Å². The molecule has 2 heterocycles. The van der Waals surface area contributed by atoms with Gasteiger partial charge in [-0.2, -0.15) is 0 Å². The summed E-state index contributed by atoms with van der Waals surface area (Å²) < 4.78 is 5.73. The second-order valence-electron chi connectivity index (χ2n) is 8.59. The molecular formula is C22H38IN5O. The average Bonchev–Trinajstić information content (AvgIpc) is 3.60. The zero-order valence-corrected chi connectivity index (χ0v) is 20.1. The molecule has 3 aliphatic rings. The Morgan fingerprint density at radius 2 is 2.03 bits per heavy atom. The predicted molar refractivity (Wildman–Crippen MR) is 129 cm³/mol. The number of furan rings is 1. The Morgan fingerprint density at radius 3 is 2.66 bits per heavy atom. The molecule has 1 saturated heterocycles. The smallest absolute Gasteiger partial charge is 0.191 e. The van der Waals surface area contributed by atoms with Crippen molar-refractivity contribution in [3.8, 4) is 0 Å². The van der Waals surface area contributed by atoms with Gasteiger partial charge in [-0.15, -0.1) is 24.0 Å². The van der Waals surface area contributed by atoms with Gasteiger partial charge < -0.3 is 15.1 Å². The second-order valence-corrected chi connectivity index (χ2v) is 8.59. The van der Waals surface area contributed by atoms with E-state index in [1.165, 1.54) is 45.1 Å². The first-order valence-corrected chi connectivity index (χ1v) is 11.4. The van der Waals surface area contributed by atoms with E-state index in [4.69, 9.17) is 9.41 Å². The number of likely N-dealkylation sites (tertiary alicyclic amines) is 1. The van der Waals surface area contributed by atoms with Crippen molar-refractivity contribution in [1.29, 1.82) is 0 Å². The minimum atomic E-state index is 0. The van der Waals surface area contributed by atoms with Crippen molar-refractivity contribution in [1.82, 2.24) is 20.4 Å². The van der Waals surface area contributed by atoms with Crippen LogP contribution in [0.25, 0.3) is 0 Å². The summed E-state index contributed by atoms with van der Waals surface area (Å²) >= 11 is 0. The van der Waals surface area contributed by atoms with E-state index in [1.807, 2.05) is 6.07 Å². The topological polar surface area (TPSA) is 56.0 Å². The summed E-state index contributed by atoms with van der Waals surface area (Å²) in [5.74, 6) is 2.93. The Morgan fingerprint density at radius 1 is 1.24 bits per heavy atom. The van der Waals surface area contributed by atoms with Gasteiger partial charge in [-0.05, 0) is 76.6 Å². The molecule has 6 nitrogen and oxygen atoms in total. The molecule has 2 N–H and O–H groups in total. The van der Waals surface area contributed by atoms with Crippen LogP contribution in [0, 0.1) is 5.92 Å². The third kappa shape index (κ3) is 7.14. The lowest BCUT2D eigenvalue weighted by Crippen LogP contribution is -2.43. The average molecular weight is 515 g/mol. The monoisotopic (exact) mass is 515 g/mol. The van der Waals surface area contributed by atoms with Gasteiger partial charge in [0.25, 0.3) is 0 Å². The molecule has 1 aromatic heterocycles. The molecule has 0 spiro atoms. The van der Waals surface area contributed by atoms with Gasteiger partial charge in [0.1, 0.15) is 5.76 Å². The lowest BCUT2D eigenvalue weighted by Gasteiger charge is -2.25. The molecular weight excluding hydrogens is 477 g/mol. The minimum absolute atomic E-state index is 0. The van der Waals surface area contributed by atoms with Crippen LogP contribution >= 0.6 is 24.0 Å². The van der Waals surface area contributed by atoms with Crippen LogP contribution in [0.4, 0.5) is 0 Å². The summed E-state index contributed by atoms with van der Waals surface area (Å²) in [6.45, 7) is 9.42. The fraction of sp³-hybridized carbons (Fsp3) is 0.773. The Kier molecular flexibility index (Phi) is 9.11. The Hall–Kier alpha value is -0.800. The molecule has 2 aliphatic carbocycles. The van der Waals surface area contributed by atoms with Gasteiger partial charge in [0.2, 0.25) is 0 Å². The minimum Gasteiger partial charge on any atom is -0.468 e. The molecule has 0 bridgehead atoms. The van der Waals surface area contributed by atoms with Crippen LogP contribution in [0.15, 0.2) is 27.8 Å². The van der Waals surface area contributed by atoms with Crippen LogP contribution in [0.1, 0.15) is 57.3 Å². The molecule has 0 radical (unpaired) electrons. The number of hydrogen-bond donors (Lipinski definition) is 2. The quantitative estimate of drug-likeness (QED) is 0.269. The summed E-state index contributed by atoms with van der Waals surface area (Å²) in [5.41, 5.74) is 0. The van der Waals surface area contributed by atoms with Crippen LogP contribution in [0.3, 0.4) is 0 Å². The van der Waals surface area contributed by atoms with Crippen LogP contribution in [-0.2, 0) is 0 Å². The maximum absolute atomic E-state index is 5.73. The molecule has 4 rings (SSSR count). The van der Waals surface area contributed by atoms with Crippen molar-refractivity contribution in [3.63, 3.8) is 0 Å². The fourth-order valence-electron chi connectivity index (χ4n) is 4.25. The van der Waals surface area contributed by atoms with Crippen LogP contribution in [-0.4, -0.2) is 67.6 Å². The van der Waals surface area contributed by atoms with E-state index < -0.39 is 0 Å². The summed E-state index contributed by atoms with van der Waals surface area (Å²) in [4.78, 5) is 10.1. The lowest BCUT2D eigenvalue weighted by atomic mass is 10.2. The molecule has 7 heteroatoms. The normalized spacial score (nSPS) is 21.2. The van der Waals surface area contributed by atoms with E-state index in [2.05, 4.69) is 33.4 Å². The van der Waals surface area contributed by atoms with Gasteiger partial charge >= 0.3 is 0 Å². The zero-order valence-electron chi connectivity index (χ0n) is 17.8. The molecule has 1 aromatic rings. The zero-order chi connectivity index (χ0) is 19.2. The predicted octanol–water partition coefficient (Wildman–Crippen LogP) is 3.46. The highest BCUT2D eigenvalue weighted by atomic mass is 127. The Labute approximate surface area is 192 Å². The van der Waals surface area contributed by atoms with Gasteiger partial charge in [0.15, 0.2) is 5.96 Å². The van der Waals surface area contributed by atoms with Gasteiger partial charge in [-0.1, -0.05) is 0 Å². The third-order valence-corrected chi connectivity index (χ3v) is 6.16. The number of nitrogens with one attached hydrogen (secondary N) is 2. The second kappa shape index (κ2) is 11.6. The highest BCUT2D eigenvalue weighted by Gasteiger charge is 2.33. The standard InChI is InChI=1S/C22H37N5O.HI/c1-2-23-22(24-11-14-27(19-9-10-19)17-18-7-8-18)25-16-20(21-6-5-15-28-21)26-12-3-4-13-26;/h5-6,15,18-20H,2-4,7-14,16-17H2,1H3,(H2,23,24,25);1H. The van der Waals surface area contributed by atoms with E-state index >= 15 is 0 Å². The first kappa shape index (κ1) is 22.9. The Balaban J connectivity index is 0.00000240. The van der Waals surface area contributed by atoms with Crippen molar-refractivity contribution in [2.24, 2.45) is 10.9 Å². The molecule has 164 valence electrons. The van der Waals surface area contributed by atoms with Crippen LogP contribution in [0.5, 0.6) is 0 Å². The molecule has 1 aliphatic heterocycles. The van der Waals surface area contributed by atoms with Gasteiger partial charge in [0, 0.05) is 32.2 Å². The molecule has 29 heavy (non-hydrogen) atoms. The van der Waals surface area contributed by atoms with Crippen LogP contribution < -0.4 is 10.6 Å². The maximum atomic E-state index is 5.73. The first-order chi connectivity index (χ1) is 13.8. The van der Waals surface area contributed by atoms with Crippen molar-refractivity contribution >= 4 is 29.9 Å². The fourth-order valence-corrected chi connectivity index (χ4v) is 4.25. The SMILES string of the molecule is CCNC(=NCC(c1ccco1)N1CCCC1)NCCN(CC1CC1)C1CC1.I. The van der Waals surface area contributed by atoms with Crippen molar-refractivity contribution in [2.75, 3.05) is 45.8 Å². The maximum Gasteiger partial charge on any atom is 0.191 e. The number of aliphatic imine (C=N–C) groups is 1. The lowest BCUT2D eigenvalue weighted by molar-refractivity contribution is 0.221. The number of hydrogen-bond acceptors (Lipinski definition) is 4. The first-order valence-electron chi connectivity index (χ1n) is 11.4. The molecule has 0 aromatic carbocycles. The van der Waals surface area contributed by atoms with E-state index in [0.29, 0.717) is 0 Å². The van der Waals surface area contributed by atoms with Crippen molar-refractivity contribution < 1.29 is 4.42 Å². The van der Waals surface area contributed by atoms with Gasteiger partial charge in [0.05, 0.1) is 18.8 Å². The number of guanidine groups is 1. The van der Waals surface area contributed by atoms with Gasteiger partial charge in [-0.25, -0.2) is 0 Å². The Bertz CT molecular complexity index is 609. The summed E-state index contributed by atoms with van der Waals surface area (Å²) in [6.07, 6.45) is 9.98. The summed E-state index contributed by atoms with van der Waals surface area (Å²) in [6, 6.07) is 5.16. The van der Waals surface area contributed by atoms with E-state index in [0.717, 1.165) is 62.9 Å². The van der Waals surface area contributed by atoms with E-state index in [-0.39, 0.29) is 30.0 Å². The number of rotatable bonds is 11. The van der Waals surface area contributed by atoms with E-state index in [9.17, 15) is 0 Å². The number of nitrogens with zero attached hydrogens (tertiary/aromatic N) is 3. The summed E-state index contributed by atoms with van der Waals surface area (Å²) in [5, 5.41) is 6.98. The van der Waals surface area contributed by atoms with Crippen molar-refractivity contribution in [3.05, 3.63) is 24.2 Å².